The number of primary amides is 1. The Morgan fingerprint density at radius 2 is 1.34 bits per heavy atom. The van der Waals surface area contributed by atoms with E-state index in [1.54, 1.807) is 13.8 Å². The number of aliphatic hydroxyl groups is 2. The van der Waals surface area contributed by atoms with Crippen LogP contribution in [0.3, 0.4) is 0 Å². The van der Waals surface area contributed by atoms with Gasteiger partial charge in [-0.1, -0.05) is 20.3 Å². The molecular formula is C16H29N5O8. The SMILES string of the molecule is CCC(C)C(NC(=O)C(CO)NC(=O)C(CO)NC(=O)C(N)CC(N)=O)C(=O)O. The minimum absolute atomic E-state index is 0.414. The first kappa shape index (κ1) is 26.2. The average molecular weight is 419 g/mol. The molecule has 0 aliphatic rings. The van der Waals surface area contributed by atoms with Crippen molar-refractivity contribution in [3.05, 3.63) is 0 Å². The van der Waals surface area contributed by atoms with Gasteiger partial charge in [0.2, 0.25) is 23.6 Å². The van der Waals surface area contributed by atoms with Gasteiger partial charge in [0.1, 0.15) is 18.1 Å². The van der Waals surface area contributed by atoms with Gasteiger partial charge in [-0.2, -0.15) is 0 Å². The zero-order chi connectivity index (χ0) is 22.7. The Balaban J connectivity index is 5.04. The van der Waals surface area contributed by atoms with Crippen LogP contribution in [0.4, 0.5) is 0 Å². The lowest BCUT2D eigenvalue weighted by molar-refractivity contribution is -0.144. The van der Waals surface area contributed by atoms with E-state index in [0.29, 0.717) is 6.42 Å². The number of aliphatic carboxylic acids is 1. The van der Waals surface area contributed by atoms with Gasteiger partial charge in [-0.05, 0) is 5.92 Å². The van der Waals surface area contributed by atoms with Gasteiger partial charge in [0.25, 0.3) is 0 Å². The molecule has 0 aromatic carbocycles. The number of amides is 4. The zero-order valence-electron chi connectivity index (χ0n) is 16.3. The molecule has 0 saturated heterocycles. The molecule has 0 saturated carbocycles. The summed E-state index contributed by atoms with van der Waals surface area (Å²) in [7, 11) is 0. The summed E-state index contributed by atoms with van der Waals surface area (Å²) in [4.78, 5) is 58.4. The largest absolute Gasteiger partial charge is 0.480 e. The number of hydrogen-bond donors (Lipinski definition) is 8. The molecule has 0 aliphatic carbocycles. The van der Waals surface area contributed by atoms with E-state index in [9.17, 15) is 39.3 Å². The van der Waals surface area contributed by atoms with Crippen LogP contribution in [0.2, 0.25) is 0 Å². The number of carboxylic acid groups (broad SMARTS) is 1. The van der Waals surface area contributed by atoms with Crippen molar-refractivity contribution in [3.63, 3.8) is 0 Å². The summed E-state index contributed by atoms with van der Waals surface area (Å²) in [6.07, 6.45) is -0.0307. The predicted octanol–water partition coefficient (Wildman–Crippen LogP) is -4.24. The van der Waals surface area contributed by atoms with Crippen LogP contribution in [0.5, 0.6) is 0 Å². The van der Waals surface area contributed by atoms with Gasteiger partial charge in [0.05, 0.1) is 25.7 Å². The normalized spacial score (nSPS) is 15.9. The van der Waals surface area contributed by atoms with Gasteiger partial charge in [0.15, 0.2) is 0 Å². The van der Waals surface area contributed by atoms with E-state index >= 15 is 0 Å². The molecule has 5 atom stereocenters. The first-order chi connectivity index (χ1) is 13.5. The lowest BCUT2D eigenvalue weighted by atomic mass is 9.99. The topological polar surface area (TPSA) is 234 Å². The van der Waals surface area contributed by atoms with Crippen LogP contribution in [-0.4, -0.2) is 82.3 Å². The Morgan fingerprint density at radius 3 is 1.72 bits per heavy atom. The number of nitrogens with one attached hydrogen (secondary N) is 3. The van der Waals surface area contributed by atoms with E-state index in [1.807, 2.05) is 0 Å². The van der Waals surface area contributed by atoms with Gasteiger partial charge in [-0.25, -0.2) is 4.79 Å². The van der Waals surface area contributed by atoms with Crippen LogP contribution in [0.1, 0.15) is 26.7 Å². The van der Waals surface area contributed by atoms with E-state index in [4.69, 9.17) is 11.5 Å². The number of rotatable bonds is 13. The molecule has 0 radical (unpaired) electrons. The van der Waals surface area contributed by atoms with Crippen LogP contribution in [0.15, 0.2) is 0 Å². The summed E-state index contributed by atoms with van der Waals surface area (Å²) < 4.78 is 0. The van der Waals surface area contributed by atoms with Crippen LogP contribution >= 0.6 is 0 Å². The third kappa shape index (κ3) is 8.85. The lowest BCUT2D eigenvalue weighted by Gasteiger charge is -2.25. The van der Waals surface area contributed by atoms with Crippen LogP contribution < -0.4 is 27.4 Å². The molecule has 0 spiro atoms. The minimum Gasteiger partial charge on any atom is -0.480 e. The van der Waals surface area contributed by atoms with E-state index in [-0.39, 0.29) is 0 Å². The fourth-order valence-corrected chi connectivity index (χ4v) is 2.19. The highest BCUT2D eigenvalue weighted by molar-refractivity contribution is 5.95. The maximum Gasteiger partial charge on any atom is 0.326 e. The van der Waals surface area contributed by atoms with Crippen molar-refractivity contribution in [3.8, 4) is 0 Å². The molecule has 0 rings (SSSR count). The zero-order valence-corrected chi connectivity index (χ0v) is 16.3. The Kier molecular flexibility index (Phi) is 11.4. The first-order valence-electron chi connectivity index (χ1n) is 8.87. The summed E-state index contributed by atoms with van der Waals surface area (Å²) in [5.74, 6) is -5.46. The molecule has 29 heavy (non-hydrogen) atoms. The van der Waals surface area contributed by atoms with E-state index in [2.05, 4.69) is 16.0 Å². The molecule has 166 valence electrons. The second-order valence-electron chi connectivity index (χ2n) is 6.47. The highest BCUT2D eigenvalue weighted by Gasteiger charge is 2.31. The van der Waals surface area contributed by atoms with Crippen molar-refractivity contribution in [1.82, 2.24) is 16.0 Å². The Morgan fingerprint density at radius 1 is 0.897 bits per heavy atom. The molecule has 13 heteroatoms. The second kappa shape index (κ2) is 12.6. The summed E-state index contributed by atoms with van der Waals surface area (Å²) in [6.45, 7) is 1.61. The summed E-state index contributed by atoms with van der Waals surface area (Å²) >= 11 is 0. The van der Waals surface area contributed by atoms with Crippen molar-refractivity contribution in [1.29, 1.82) is 0 Å². The number of hydrogen-bond acceptors (Lipinski definition) is 8. The number of carbonyl (C=O) groups is 5. The van der Waals surface area contributed by atoms with Crippen molar-refractivity contribution < 1.29 is 39.3 Å². The Bertz CT molecular complexity index is 614. The third-order valence-electron chi connectivity index (χ3n) is 4.17. The van der Waals surface area contributed by atoms with E-state index in [0.717, 1.165) is 0 Å². The van der Waals surface area contributed by atoms with Gasteiger partial charge in [-0.3, -0.25) is 19.2 Å². The number of carbonyl (C=O) groups excluding carboxylic acids is 4. The number of aliphatic hydroxyl groups excluding tert-OH is 2. The number of nitrogens with two attached hydrogens (primary N) is 2. The van der Waals surface area contributed by atoms with Crippen molar-refractivity contribution in [2.24, 2.45) is 17.4 Å². The molecule has 0 aromatic heterocycles. The average Bonchev–Trinajstić information content (AvgIpc) is 2.66. The lowest BCUT2D eigenvalue weighted by Crippen LogP contribution is -2.59. The van der Waals surface area contributed by atoms with Crippen LogP contribution in [0.25, 0.3) is 0 Å². The van der Waals surface area contributed by atoms with Gasteiger partial charge in [0, 0.05) is 0 Å². The summed E-state index contributed by atoms with van der Waals surface area (Å²) in [5, 5.41) is 34.3. The maximum atomic E-state index is 12.2. The number of carboxylic acids is 1. The molecule has 0 heterocycles. The molecular weight excluding hydrogens is 390 g/mol. The Labute approximate surface area is 167 Å². The molecule has 10 N–H and O–H groups in total. The highest BCUT2D eigenvalue weighted by atomic mass is 16.4. The molecule has 4 amide bonds. The van der Waals surface area contributed by atoms with Crippen LogP contribution in [-0.2, 0) is 24.0 Å². The van der Waals surface area contributed by atoms with Gasteiger partial charge in [-0.15, -0.1) is 0 Å². The van der Waals surface area contributed by atoms with E-state index in [1.165, 1.54) is 0 Å². The maximum absolute atomic E-state index is 12.2. The van der Waals surface area contributed by atoms with Crippen molar-refractivity contribution >= 4 is 29.6 Å². The fourth-order valence-electron chi connectivity index (χ4n) is 2.19. The van der Waals surface area contributed by atoms with Crippen LogP contribution in [0, 0.1) is 5.92 Å². The summed E-state index contributed by atoms with van der Waals surface area (Å²) in [5.41, 5.74) is 10.4. The van der Waals surface area contributed by atoms with E-state index < -0.39 is 79.3 Å². The third-order valence-corrected chi connectivity index (χ3v) is 4.17. The molecule has 13 nitrogen and oxygen atoms in total. The quantitative estimate of drug-likeness (QED) is 0.144. The smallest absolute Gasteiger partial charge is 0.326 e. The standard InChI is InChI=1S/C16H29N5O8/c1-3-7(2)12(16(28)29)21-15(27)10(6-23)20-14(26)9(5-22)19-13(25)8(17)4-11(18)24/h7-10,12,22-23H,3-6,17H2,1-2H3,(H2,18,24)(H,19,25)(H,20,26)(H,21,27)(H,28,29). The molecule has 0 fully saturated rings. The first-order valence-corrected chi connectivity index (χ1v) is 8.87. The highest BCUT2D eigenvalue weighted by Crippen LogP contribution is 2.08. The van der Waals surface area contributed by atoms with Gasteiger partial charge >= 0.3 is 5.97 Å². The predicted molar refractivity (Wildman–Crippen MR) is 98.8 cm³/mol. The van der Waals surface area contributed by atoms with Gasteiger partial charge < -0.3 is 42.7 Å². The monoisotopic (exact) mass is 419 g/mol. The molecule has 0 bridgehead atoms. The van der Waals surface area contributed by atoms with Crippen molar-refractivity contribution in [2.75, 3.05) is 13.2 Å². The Hall–Kier alpha value is -2.77. The summed E-state index contributed by atoms with van der Waals surface area (Å²) in [6, 6.07) is -5.65. The van der Waals surface area contributed by atoms with Crippen molar-refractivity contribution in [2.45, 2.75) is 50.9 Å². The molecule has 5 unspecified atom stereocenters. The molecule has 0 aromatic rings. The minimum atomic E-state index is -1.53. The second-order valence-corrected chi connectivity index (χ2v) is 6.47. The fraction of sp³-hybridized carbons (Fsp3) is 0.688. The molecule has 0 aliphatic heterocycles.